The fraction of sp³-hybridized carbons (Fsp3) is 0.350. The van der Waals surface area contributed by atoms with Crippen LogP contribution < -0.4 is 10.1 Å². The Bertz CT molecular complexity index is 672. The molecule has 4 nitrogen and oxygen atoms in total. The molecule has 0 spiro atoms. The molecule has 1 unspecified atom stereocenters. The van der Waals surface area contributed by atoms with Gasteiger partial charge >= 0.3 is 0 Å². The zero-order valence-corrected chi connectivity index (χ0v) is 14.1. The molecule has 0 aromatic heterocycles. The number of para-hydroxylation sites is 1. The number of amides is 1. The van der Waals surface area contributed by atoms with Crippen molar-refractivity contribution < 1.29 is 9.53 Å². The van der Waals surface area contributed by atoms with Crippen LogP contribution in [0, 0.1) is 0 Å². The number of likely N-dealkylation sites (N-methyl/N-ethyl adjacent to an activating group) is 1. The van der Waals surface area contributed by atoms with Crippen LogP contribution in [0.25, 0.3) is 0 Å². The van der Waals surface area contributed by atoms with E-state index in [-0.39, 0.29) is 11.9 Å². The summed E-state index contributed by atoms with van der Waals surface area (Å²) in [4.78, 5) is 14.3. The van der Waals surface area contributed by atoms with Crippen molar-refractivity contribution in [3.8, 4) is 5.75 Å². The predicted octanol–water partition coefficient (Wildman–Crippen LogP) is 2.80. The van der Waals surface area contributed by atoms with Gasteiger partial charge in [0.15, 0.2) is 0 Å². The van der Waals surface area contributed by atoms with Gasteiger partial charge in [-0.1, -0.05) is 48.5 Å². The summed E-state index contributed by atoms with van der Waals surface area (Å²) in [5, 5.41) is 3.26. The molecule has 3 rings (SSSR count). The molecule has 1 aliphatic heterocycles. The molecule has 126 valence electrons. The monoisotopic (exact) mass is 324 g/mol. The van der Waals surface area contributed by atoms with Gasteiger partial charge in [0.2, 0.25) is 5.91 Å². The number of rotatable bonds is 6. The average molecular weight is 324 g/mol. The van der Waals surface area contributed by atoms with Gasteiger partial charge in [-0.3, -0.25) is 4.79 Å². The summed E-state index contributed by atoms with van der Waals surface area (Å²) in [5.74, 6) is 1.01. The highest BCUT2D eigenvalue weighted by molar-refractivity contribution is 5.78. The Morgan fingerprint density at radius 1 is 1.17 bits per heavy atom. The summed E-state index contributed by atoms with van der Waals surface area (Å²) in [5.41, 5.74) is 2.38. The molecule has 2 aromatic rings. The van der Waals surface area contributed by atoms with Crippen molar-refractivity contribution in [2.75, 3.05) is 26.7 Å². The molecule has 4 heteroatoms. The quantitative estimate of drug-likeness (QED) is 0.831. The molecule has 1 aliphatic rings. The van der Waals surface area contributed by atoms with Crippen LogP contribution in [0.15, 0.2) is 54.6 Å². The summed E-state index contributed by atoms with van der Waals surface area (Å²) in [6, 6.07) is 18.4. The Morgan fingerprint density at radius 2 is 1.92 bits per heavy atom. The summed E-state index contributed by atoms with van der Waals surface area (Å²) in [7, 11) is 1.88. The molecule has 0 fully saturated rings. The van der Waals surface area contributed by atoms with Crippen molar-refractivity contribution >= 4 is 5.91 Å². The Morgan fingerprint density at radius 3 is 2.75 bits per heavy atom. The van der Waals surface area contributed by atoms with E-state index in [4.69, 9.17) is 4.74 Å². The van der Waals surface area contributed by atoms with E-state index in [0.29, 0.717) is 13.2 Å². The van der Waals surface area contributed by atoms with E-state index < -0.39 is 0 Å². The molecule has 1 atom stereocenters. The number of benzene rings is 2. The van der Waals surface area contributed by atoms with Gasteiger partial charge in [-0.25, -0.2) is 0 Å². The highest BCUT2D eigenvalue weighted by Crippen LogP contribution is 2.34. The zero-order valence-electron chi connectivity index (χ0n) is 14.1. The van der Waals surface area contributed by atoms with Crippen molar-refractivity contribution in [3.63, 3.8) is 0 Å². The molecule has 0 saturated carbocycles. The SMILES string of the molecule is CN(C(=O)CNCCc1ccccc1)C1CCOc2ccccc21. The normalized spacial score (nSPS) is 16.1. The summed E-state index contributed by atoms with van der Waals surface area (Å²) < 4.78 is 5.68. The fourth-order valence-electron chi connectivity index (χ4n) is 3.10. The molecular formula is C20H24N2O2. The average Bonchev–Trinajstić information content (AvgIpc) is 2.65. The minimum absolute atomic E-state index is 0.0957. The van der Waals surface area contributed by atoms with Crippen molar-refractivity contribution in [2.24, 2.45) is 0 Å². The van der Waals surface area contributed by atoms with E-state index in [0.717, 1.165) is 30.7 Å². The van der Waals surface area contributed by atoms with E-state index in [9.17, 15) is 4.79 Å². The number of carbonyl (C=O) groups excluding carboxylic acids is 1. The molecule has 0 radical (unpaired) electrons. The molecule has 1 amide bonds. The van der Waals surface area contributed by atoms with Crippen molar-refractivity contribution in [1.82, 2.24) is 10.2 Å². The van der Waals surface area contributed by atoms with Crippen LogP contribution in [0.2, 0.25) is 0 Å². The lowest BCUT2D eigenvalue weighted by Crippen LogP contribution is -2.40. The topological polar surface area (TPSA) is 41.6 Å². The van der Waals surface area contributed by atoms with E-state index in [2.05, 4.69) is 17.4 Å². The standard InChI is InChI=1S/C20H24N2O2/c1-22(18-12-14-24-19-10-6-5-9-17(18)19)20(23)15-21-13-11-16-7-3-2-4-8-16/h2-10,18,21H,11-15H2,1H3. The minimum Gasteiger partial charge on any atom is -0.493 e. The first-order chi connectivity index (χ1) is 11.8. The zero-order chi connectivity index (χ0) is 16.8. The second kappa shape index (κ2) is 7.97. The third kappa shape index (κ3) is 3.95. The first-order valence-corrected chi connectivity index (χ1v) is 8.48. The molecule has 1 heterocycles. The number of ether oxygens (including phenoxy) is 1. The first kappa shape index (κ1) is 16.5. The lowest BCUT2D eigenvalue weighted by atomic mass is 9.99. The van der Waals surface area contributed by atoms with Gasteiger partial charge in [0, 0.05) is 19.0 Å². The third-order valence-electron chi connectivity index (χ3n) is 4.50. The first-order valence-electron chi connectivity index (χ1n) is 8.48. The maximum absolute atomic E-state index is 12.5. The highest BCUT2D eigenvalue weighted by Gasteiger charge is 2.27. The van der Waals surface area contributed by atoms with Crippen molar-refractivity contribution in [1.29, 1.82) is 0 Å². The summed E-state index contributed by atoms with van der Waals surface area (Å²) in [6.07, 6.45) is 1.77. The van der Waals surface area contributed by atoms with Crippen LogP contribution in [0.4, 0.5) is 0 Å². The number of fused-ring (bicyclic) bond motifs is 1. The van der Waals surface area contributed by atoms with E-state index in [1.165, 1.54) is 5.56 Å². The second-order valence-electron chi connectivity index (χ2n) is 6.11. The van der Waals surface area contributed by atoms with Crippen molar-refractivity contribution in [3.05, 3.63) is 65.7 Å². The van der Waals surface area contributed by atoms with E-state index in [1.807, 2.05) is 54.4 Å². The molecule has 2 aromatic carbocycles. The highest BCUT2D eigenvalue weighted by atomic mass is 16.5. The molecule has 0 bridgehead atoms. The third-order valence-corrected chi connectivity index (χ3v) is 4.50. The molecule has 1 N–H and O–H groups in total. The maximum Gasteiger partial charge on any atom is 0.236 e. The molecule has 0 saturated heterocycles. The molecule has 0 aliphatic carbocycles. The van der Waals surface area contributed by atoms with Crippen LogP contribution in [-0.4, -0.2) is 37.6 Å². The molecule has 24 heavy (non-hydrogen) atoms. The van der Waals surface area contributed by atoms with Gasteiger partial charge < -0.3 is 15.0 Å². The Balaban J connectivity index is 1.50. The van der Waals surface area contributed by atoms with Gasteiger partial charge in [-0.2, -0.15) is 0 Å². The fourth-order valence-corrected chi connectivity index (χ4v) is 3.10. The van der Waals surface area contributed by atoms with E-state index in [1.54, 1.807) is 0 Å². The second-order valence-corrected chi connectivity index (χ2v) is 6.11. The van der Waals surface area contributed by atoms with Crippen LogP contribution >= 0.6 is 0 Å². The lowest BCUT2D eigenvalue weighted by molar-refractivity contribution is -0.131. The Labute approximate surface area is 143 Å². The van der Waals surface area contributed by atoms with Gasteiger partial charge in [-0.05, 0) is 24.6 Å². The summed E-state index contributed by atoms with van der Waals surface area (Å²) in [6.45, 7) is 1.82. The number of hydrogen-bond donors (Lipinski definition) is 1. The number of carbonyl (C=O) groups is 1. The van der Waals surface area contributed by atoms with E-state index >= 15 is 0 Å². The van der Waals surface area contributed by atoms with Crippen LogP contribution in [0.5, 0.6) is 5.75 Å². The van der Waals surface area contributed by atoms with Gasteiger partial charge in [0.25, 0.3) is 0 Å². The lowest BCUT2D eigenvalue weighted by Gasteiger charge is -2.33. The summed E-state index contributed by atoms with van der Waals surface area (Å²) >= 11 is 0. The number of nitrogens with zero attached hydrogens (tertiary/aromatic N) is 1. The van der Waals surface area contributed by atoms with Gasteiger partial charge in [0.05, 0.1) is 19.2 Å². The largest absolute Gasteiger partial charge is 0.493 e. The predicted molar refractivity (Wildman–Crippen MR) is 95.1 cm³/mol. The van der Waals surface area contributed by atoms with Crippen LogP contribution in [-0.2, 0) is 11.2 Å². The number of nitrogens with one attached hydrogen (secondary N) is 1. The minimum atomic E-state index is 0.0957. The van der Waals surface area contributed by atoms with Crippen LogP contribution in [0.3, 0.4) is 0 Å². The van der Waals surface area contributed by atoms with Crippen LogP contribution in [0.1, 0.15) is 23.6 Å². The van der Waals surface area contributed by atoms with Gasteiger partial charge in [0.1, 0.15) is 5.75 Å². The maximum atomic E-state index is 12.5. The Hall–Kier alpha value is -2.33. The number of hydrogen-bond acceptors (Lipinski definition) is 3. The van der Waals surface area contributed by atoms with Gasteiger partial charge in [-0.15, -0.1) is 0 Å². The van der Waals surface area contributed by atoms with Crippen molar-refractivity contribution in [2.45, 2.75) is 18.9 Å². The Kier molecular flexibility index (Phi) is 5.49. The smallest absolute Gasteiger partial charge is 0.236 e. The molecular weight excluding hydrogens is 300 g/mol.